The molecule has 1 atom stereocenters. The summed E-state index contributed by atoms with van der Waals surface area (Å²) in [7, 11) is 2.01. The zero-order chi connectivity index (χ0) is 13.8. The lowest BCUT2D eigenvalue weighted by atomic mass is 9.92. The standard InChI is InChI=1S/C16H21ClN2/c1-4-14-10-15(19(3)18-14)9-13(11-17)16-8-6-5-7-12(16)2/h5-8,10,13H,4,9,11H2,1-3H3. The summed E-state index contributed by atoms with van der Waals surface area (Å²) < 4.78 is 1.98. The summed E-state index contributed by atoms with van der Waals surface area (Å²) in [4.78, 5) is 0. The second-order valence-electron chi connectivity index (χ2n) is 5.02. The molecule has 102 valence electrons. The monoisotopic (exact) mass is 276 g/mol. The number of benzene rings is 1. The molecule has 0 saturated heterocycles. The van der Waals surface area contributed by atoms with Crippen molar-refractivity contribution in [2.45, 2.75) is 32.6 Å². The Kier molecular flexibility index (Phi) is 4.65. The van der Waals surface area contributed by atoms with Crippen LogP contribution < -0.4 is 0 Å². The van der Waals surface area contributed by atoms with Crippen LogP contribution in [0.1, 0.15) is 35.4 Å². The Bertz CT molecular complexity index is 545. The molecule has 1 aromatic heterocycles. The molecule has 3 heteroatoms. The number of alkyl halides is 1. The Morgan fingerprint density at radius 3 is 2.63 bits per heavy atom. The molecule has 1 aromatic carbocycles. The topological polar surface area (TPSA) is 17.8 Å². The maximum Gasteiger partial charge on any atom is 0.0624 e. The van der Waals surface area contributed by atoms with Crippen molar-refractivity contribution in [3.63, 3.8) is 0 Å². The number of rotatable bonds is 5. The van der Waals surface area contributed by atoms with E-state index in [1.807, 2.05) is 11.7 Å². The lowest BCUT2D eigenvalue weighted by molar-refractivity contribution is 0.653. The summed E-state index contributed by atoms with van der Waals surface area (Å²) in [5.74, 6) is 0.986. The van der Waals surface area contributed by atoms with E-state index in [2.05, 4.69) is 49.3 Å². The maximum atomic E-state index is 6.19. The lowest BCUT2D eigenvalue weighted by Gasteiger charge is -2.16. The predicted octanol–water partition coefficient (Wildman–Crippen LogP) is 3.86. The largest absolute Gasteiger partial charge is 0.272 e. The van der Waals surface area contributed by atoms with Crippen LogP contribution in [-0.2, 0) is 19.9 Å². The molecule has 1 unspecified atom stereocenters. The molecule has 0 amide bonds. The third kappa shape index (κ3) is 3.19. The van der Waals surface area contributed by atoms with E-state index in [1.54, 1.807) is 0 Å². The number of aryl methyl sites for hydroxylation is 3. The van der Waals surface area contributed by atoms with Crippen LogP contribution in [0.5, 0.6) is 0 Å². The summed E-state index contributed by atoms with van der Waals surface area (Å²) in [6, 6.07) is 10.7. The second-order valence-corrected chi connectivity index (χ2v) is 5.32. The highest BCUT2D eigenvalue weighted by Gasteiger charge is 2.16. The van der Waals surface area contributed by atoms with Gasteiger partial charge in [-0.25, -0.2) is 0 Å². The highest BCUT2D eigenvalue weighted by atomic mass is 35.5. The SMILES string of the molecule is CCc1cc(CC(CCl)c2ccccc2C)n(C)n1. The predicted molar refractivity (Wildman–Crippen MR) is 80.9 cm³/mol. The number of hydrogen-bond acceptors (Lipinski definition) is 1. The van der Waals surface area contributed by atoms with E-state index in [9.17, 15) is 0 Å². The first-order valence-corrected chi connectivity index (χ1v) is 7.32. The molecular formula is C16H21ClN2. The summed E-state index contributed by atoms with van der Waals surface area (Å²) in [6.45, 7) is 4.28. The number of aromatic nitrogens is 2. The number of hydrogen-bond donors (Lipinski definition) is 0. The molecule has 0 radical (unpaired) electrons. The highest BCUT2D eigenvalue weighted by molar-refractivity contribution is 6.18. The molecule has 2 aromatic rings. The molecule has 0 bridgehead atoms. The van der Waals surface area contributed by atoms with Gasteiger partial charge in [0.05, 0.1) is 5.69 Å². The fraction of sp³-hybridized carbons (Fsp3) is 0.438. The molecule has 0 aliphatic rings. The van der Waals surface area contributed by atoms with E-state index in [0.29, 0.717) is 11.8 Å². The van der Waals surface area contributed by atoms with E-state index in [1.165, 1.54) is 16.8 Å². The first kappa shape index (κ1) is 14.1. The normalized spacial score (nSPS) is 12.6. The van der Waals surface area contributed by atoms with Crippen molar-refractivity contribution in [3.05, 3.63) is 52.8 Å². The van der Waals surface area contributed by atoms with Crippen LogP contribution in [-0.4, -0.2) is 15.7 Å². The molecule has 0 spiro atoms. The summed E-state index contributed by atoms with van der Waals surface area (Å²) >= 11 is 6.19. The van der Waals surface area contributed by atoms with Crippen LogP contribution in [0.2, 0.25) is 0 Å². The van der Waals surface area contributed by atoms with E-state index in [4.69, 9.17) is 11.6 Å². The third-order valence-electron chi connectivity index (χ3n) is 3.66. The van der Waals surface area contributed by atoms with Crippen molar-refractivity contribution in [1.82, 2.24) is 9.78 Å². The van der Waals surface area contributed by atoms with Gasteiger partial charge in [-0.15, -0.1) is 11.6 Å². The zero-order valence-corrected chi connectivity index (χ0v) is 12.6. The quantitative estimate of drug-likeness (QED) is 0.759. The summed E-state index contributed by atoms with van der Waals surface area (Å²) in [6.07, 6.45) is 1.92. The minimum atomic E-state index is 0.350. The van der Waals surface area contributed by atoms with Gasteiger partial charge in [0.1, 0.15) is 0 Å². The third-order valence-corrected chi connectivity index (χ3v) is 4.03. The Balaban J connectivity index is 2.24. The van der Waals surface area contributed by atoms with Crippen LogP contribution in [0.4, 0.5) is 0 Å². The van der Waals surface area contributed by atoms with Crippen LogP contribution >= 0.6 is 11.6 Å². The molecule has 0 saturated carbocycles. The highest BCUT2D eigenvalue weighted by Crippen LogP contribution is 2.25. The van der Waals surface area contributed by atoms with Crippen LogP contribution in [0, 0.1) is 6.92 Å². The minimum absolute atomic E-state index is 0.350. The van der Waals surface area contributed by atoms with Crippen molar-refractivity contribution in [2.24, 2.45) is 7.05 Å². The number of nitrogens with zero attached hydrogens (tertiary/aromatic N) is 2. The Labute approximate surface area is 120 Å². The first-order valence-electron chi connectivity index (χ1n) is 6.79. The molecule has 0 N–H and O–H groups in total. The van der Waals surface area contributed by atoms with Crippen LogP contribution in [0.3, 0.4) is 0 Å². The Morgan fingerprint density at radius 2 is 2.05 bits per heavy atom. The second kappa shape index (κ2) is 6.25. The van der Waals surface area contributed by atoms with E-state index < -0.39 is 0 Å². The molecule has 0 aliphatic carbocycles. The fourth-order valence-corrected chi connectivity index (χ4v) is 2.76. The van der Waals surface area contributed by atoms with Crippen molar-refractivity contribution < 1.29 is 0 Å². The van der Waals surface area contributed by atoms with E-state index in [0.717, 1.165) is 18.5 Å². The smallest absolute Gasteiger partial charge is 0.0624 e. The van der Waals surface area contributed by atoms with Gasteiger partial charge in [0.2, 0.25) is 0 Å². The molecule has 0 aliphatic heterocycles. The van der Waals surface area contributed by atoms with Gasteiger partial charge in [0.25, 0.3) is 0 Å². The van der Waals surface area contributed by atoms with Gasteiger partial charge in [-0.3, -0.25) is 4.68 Å². The number of halogens is 1. The van der Waals surface area contributed by atoms with Crippen molar-refractivity contribution >= 4 is 11.6 Å². The molecule has 2 rings (SSSR count). The van der Waals surface area contributed by atoms with Gasteiger partial charge in [-0.2, -0.15) is 5.10 Å². The fourth-order valence-electron chi connectivity index (χ4n) is 2.48. The lowest BCUT2D eigenvalue weighted by Crippen LogP contribution is -2.09. The molecule has 2 nitrogen and oxygen atoms in total. The maximum absolute atomic E-state index is 6.19. The molecule has 0 fully saturated rings. The van der Waals surface area contributed by atoms with E-state index >= 15 is 0 Å². The average Bonchev–Trinajstić information content (AvgIpc) is 2.77. The van der Waals surface area contributed by atoms with Crippen LogP contribution in [0.15, 0.2) is 30.3 Å². The van der Waals surface area contributed by atoms with Gasteiger partial charge in [0.15, 0.2) is 0 Å². The van der Waals surface area contributed by atoms with Gasteiger partial charge in [-0.05, 0) is 37.0 Å². The Morgan fingerprint density at radius 1 is 1.32 bits per heavy atom. The molecule has 19 heavy (non-hydrogen) atoms. The Hall–Kier alpha value is -1.28. The van der Waals surface area contributed by atoms with Gasteiger partial charge in [-0.1, -0.05) is 31.2 Å². The average molecular weight is 277 g/mol. The summed E-state index contributed by atoms with van der Waals surface area (Å²) in [5.41, 5.74) is 5.06. The van der Waals surface area contributed by atoms with Gasteiger partial charge >= 0.3 is 0 Å². The van der Waals surface area contributed by atoms with Gasteiger partial charge in [0, 0.05) is 24.5 Å². The van der Waals surface area contributed by atoms with Crippen molar-refractivity contribution in [3.8, 4) is 0 Å². The van der Waals surface area contributed by atoms with Crippen molar-refractivity contribution in [2.75, 3.05) is 5.88 Å². The minimum Gasteiger partial charge on any atom is -0.272 e. The molecule has 1 heterocycles. The zero-order valence-electron chi connectivity index (χ0n) is 11.9. The first-order chi connectivity index (χ1) is 9.15. The van der Waals surface area contributed by atoms with E-state index in [-0.39, 0.29) is 0 Å². The van der Waals surface area contributed by atoms with Gasteiger partial charge < -0.3 is 0 Å². The molecular weight excluding hydrogens is 256 g/mol. The summed E-state index contributed by atoms with van der Waals surface area (Å²) in [5, 5.41) is 4.51. The van der Waals surface area contributed by atoms with Crippen molar-refractivity contribution in [1.29, 1.82) is 0 Å². The van der Waals surface area contributed by atoms with Crippen LogP contribution in [0.25, 0.3) is 0 Å².